The SMILES string of the molecule is CCCCOCC1O[C@@H](O)C(OCCCC)C[C@H]1O. The van der Waals surface area contributed by atoms with Crippen LogP contribution in [0.1, 0.15) is 46.0 Å². The van der Waals surface area contributed by atoms with Gasteiger partial charge in [0.1, 0.15) is 12.2 Å². The fourth-order valence-corrected chi connectivity index (χ4v) is 1.99. The minimum atomic E-state index is -0.972. The predicted molar refractivity (Wildman–Crippen MR) is 71.9 cm³/mol. The molecule has 1 heterocycles. The maximum Gasteiger partial charge on any atom is 0.181 e. The van der Waals surface area contributed by atoms with Gasteiger partial charge in [0.2, 0.25) is 0 Å². The fourth-order valence-electron chi connectivity index (χ4n) is 1.99. The first kappa shape index (κ1) is 16.9. The van der Waals surface area contributed by atoms with Crippen LogP contribution < -0.4 is 0 Å². The summed E-state index contributed by atoms with van der Waals surface area (Å²) in [6, 6.07) is 0. The molecule has 0 radical (unpaired) electrons. The summed E-state index contributed by atoms with van der Waals surface area (Å²) in [6.07, 6.45) is 1.94. The Hall–Kier alpha value is -0.200. The average molecular weight is 276 g/mol. The van der Waals surface area contributed by atoms with Crippen LogP contribution in [0.25, 0.3) is 0 Å². The number of unbranched alkanes of at least 4 members (excludes halogenated alkanes) is 2. The second-order valence-corrected chi connectivity index (χ2v) is 5.06. The molecule has 0 aromatic heterocycles. The van der Waals surface area contributed by atoms with E-state index in [9.17, 15) is 10.2 Å². The molecule has 5 nitrogen and oxygen atoms in total. The zero-order chi connectivity index (χ0) is 14.1. The third-order valence-corrected chi connectivity index (χ3v) is 3.29. The molecule has 4 atom stereocenters. The summed E-state index contributed by atoms with van der Waals surface area (Å²) < 4.78 is 16.3. The van der Waals surface area contributed by atoms with Crippen LogP contribution in [0.4, 0.5) is 0 Å². The molecule has 0 saturated carbocycles. The second kappa shape index (κ2) is 9.66. The smallest absolute Gasteiger partial charge is 0.181 e. The Morgan fingerprint density at radius 2 is 1.79 bits per heavy atom. The molecule has 2 N–H and O–H groups in total. The minimum absolute atomic E-state index is 0.319. The molecule has 0 aromatic rings. The zero-order valence-electron chi connectivity index (χ0n) is 12.1. The normalized spacial score (nSPS) is 31.6. The van der Waals surface area contributed by atoms with Crippen molar-refractivity contribution in [1.82, 2.24) is 0 Å². The minimum Gasteiger partial charge on any atom is -0.390 e. The topological polar surface area (TPSA) is 68.2 Å². The van der Waals surface area contributed by atoms with E-state index in [1.165, 1.54) is 0 Å². The maximum absolute atomic E-state index is 9.97. The van der Waals surface area contributed by atoms with Gasteiger partial charge in [-0.25, -0.2) is 0 Å². The molecule has 2 unspecified atom stereocenters. The Morgan fingerprint density at radius 3 is 2.47 bits per heavy atom. The van der Waals surface area contributed by atoms with Crippen molar-refractivity contribution in [3.63, 3.8) is 0 Å². The molecule has 0 bridgehead atoms. The highest BCUT2D eigenvalue weighted by molar-refractivity contribution is 4.81. The van der Waals surface area contributed by atoms with Gasteiger partial charge in [0, 0.05) is 19.6 Å². The van der Waals surface area contributed by atoms with E-state index < -0.39 is 24.6 Å². The third kappa shape index (κ3) is 6.19. The summed E-state index contributed by atoms with van der Waals surface area (Å²) in [4.78, 5) is 0. The highest BCUT2D eigenvalue weighted by atomic mass is 16.7. The van der Waals surface area contributed by atoms with Gasteiger partial charge in [-0.15, -0.1) is 0 Å². The molecular weight excluding hydrogens is 248 g/mol. The van der Waals surface area contributed by atoms with E-state index in [0.717, 1.165) is 25.7 Å². The highest BCUT2D eigenvalue weighted by Gasteiger charge is 2.36. The summed E-state index contributed by atoms with van der Waals surface area (Å²) in [7, 11) is 0. The number of aliphatic hydroxyl groups excluding tert-OH is 2. The van der Waals surface area contributed by atoms with E-state index in [1.54, 1.807) is 0 Å². The largest absolute Gasteiger partial charge is 0.390 e. The molecule has 0 aromatic carbocycles. The molecule has 1 aliphatic rings. The summed E-state index contributed by atoms with van der Waals surface area (Å²) >= 11 is 0. The Balaban J connectivity index is 2.25. The molecule has 1 rings (SSSR count). The van der Waals surface area contributed by atoms with Crippen molar-refractivity contribution in [3.8, 4) is 0 Å². The van der Waals surface area contributed by atoms with Gasteiger partial charge in [-0.1, -0.05) is 26.7 Å². The van der Waals surface area contributed by atoms with Crippen LogP contribution in [-0.2, 0) is 14.2 Å². The fraction of sp³-hybridized carbons (Fsp3) is 1.00. The van der Waals surface area contributed by atoms with E-state index in [0.29, 0.717) is 26.2 Å². The Bertz CT molecular complexity index is 224. The molecule has 1 saturated heterocycles. The van der Waals surface area contributed by atoms with Crippen LogP contribution in [0.3, 0.4) is 0 Å². The van der Waals surface area contributed by atoms with E-state index in [-0.39, 0.29) is 0 Å². The summed E-state index contributed by atoms with van der Waals surface area (Å²) in [5.41, 5.74) is 0. The lowest BCUT2D eigenvalue weighted by Gasteiger charge is -2.36. The monoisotopic (exact) mass is 276 g/mol. The quantitative estimate of drug-likeness (QED) is 0.624. The first-order valence-electron chi connectivity index (χ1n) is 7.40. The lowest BCUT2D eigenvalue weighted by atomic mass is 10.0. The van der Waals surface area contributed by atoms with Gasteiger partial charge in [-0.3, -0.25) is 0 Å². The lowest BCUT2D eigenvalue weighted by molar-refractivity contribution is -0.264. The number of hydrogen-bond donors (Lipinski definition) is 2. The van der Waals surface area contributed by atoms with Gasteiger partial charge in [0.15, 0.2) is 6.29 Å². The van der Waals surface area contributed by atoms with E-state index in [4.69, 9.17) is 14.2 Å². The first-order chi connectivity index (χ1) is 9.19. The molecule has 1 aliphatic heterocycles. The van der Waals surface area contributed by atoms with Gasteiger partial charge in [-0.2, -0.15) is 0 Å². The van der Waals surface area contributed by atoms with Crippen LogP contribution >= 0.6 is 0 Å². The molecule has 0 spiro atoms. The standard InChI is InChI=1S/C14H28O5/c1-3-5-7-17-10-13-11(15)9-12(14(16)19-13)18-8-6-4-2/h11-16H,3-10H2,1-2H3/t11-,12?,13?,14-/m1/s1. The van der Waals surface area contributed by atoms with Crippen LogP contribution in [0.5, 0.6) is 0 Å². The highest BCUT2D eigenvalue weighted by Crippen LogP contribution is 2.22. The zero-order valence-corrected chi connectivity index (χ0v) is 12.1. The van der Waals surface area contributed by atoms with Crippen LogP contribution in [0.15, 0.2) is 0 Å². The van der Waals surface area contributed by atoms with Crippen molar-refractivity contribution >= 4 is 0 Å². The molecule has 0 amide bonds. The number of rotatable bonds is 9. The Morgan fingerprint density at radius 1 is 1.11 bits per heavy atom. The molecule has 5 heteroatoms. The molecule has 19 heavy (non-hydrogen) atoms. The molecule has 114 valence electrons. The predicted octanol–water partition coefficient (Wildman–Crippen LogP) is 1.46. The number of aliphatic hydroxyl groups is 2. The van der Waals surface area contributed by atoms with Crippen LogP contribution in [0.2, 0.25) is 0 Å². The van der Waals surface area contributed by atoms with Crippen molar-refractivity contribution in [1.29, 1.82) is 0 Å². The van der Waals surface area contributed by atoms with E-state index in [2.05, 4.69) is 13.8 Å². The van der Waals surface area contributed by atoms with Crippen molar-refractivity contribution in [3.05, 3.63) is 0 Å². The van der Waals surface area contributed by atoms with Gasteiger partial charge in [-0.05, 0) is 12.8 Å². The summed E-state index contributed by atoms with van der Waals surface area (Å²) in [5.74, 6) is 0. The first-order valence-corrected chi connectivity index (χ1v) is 7.40. The van der Waals surface area contributed by atoms with Crippen LogP contribution in [-0.4, -0.2) is 54.6 Å². The van der Waals surface area contributed by atoms with Crippen molar-refractivity contribution in [2.45, 2.75) is 70.6 Å². The van der Waals surface area contributed by atoms with Crippen molar-refractivity contribution in [2.24, 2.45) is 0 Å². The average Bonchev–Trinajstić information content (AvgIpc) is 2.39. The maximum atomic E-state index is 9.97. The molecular formula is C14H28O5. The Labute approximate surface area is 115 Å². The van der Waals surface area contributed by atoms with Gasteiger partial charge in [0.25, 0.3) is 0 Å². The van der Waals surface area contributed by atoms with Crippen molar-refractivity contribution in [2.75, 3.05) is 19.8 Å². The van der Waals surface area contributed by atoms with Crippen LogP contribution in [0, 0.1) is 0 Å². The summed E-state index contributed by atoms with van der Waals surface area (Å²) in [5, 5.41) is 19.8. The van der Waals surface area contributed by atoms with E-state index >= 15 is 0 Å². The second-order valence-electron chi connectivity index (χ2n) is 5.06. The Kier molecular flexibility index (Phi) is 8.57. The molecule has 0 aliphatic carbocycles. The van der Waals surface area contributed by atoms with Gasteiger partial charge >= 0.3 is 0 Å². The number of hydrogen-bond acceptors (Lipinski definition) is 5. The lowest BCUT2D eigenvalue weighted by Crippen LogP contribution is -2.50. The van der Waals surface area contributed by atoms with Gasteiger partial charge < -0.3 is 24.4 Å². The van der Waals surface area contributed by atoms with Crippen molar-refractivity contribution < 1.29 is 24.4 Å². The molecule has 1 fully saturated rings. The third-order valence-electron chi connectivity index (χ3n) is 3.29. The van der Waals surface area contributed by atoms with E-state index in [1.807, 2.05) is 0 Å². The number of ether oxygens (including phenoxy) is 3. The summed E-state index contributed by atoms with van der Waals surface area (Å²) in [6.45, 7) is 5.74. The van der Waals surface area contributed by atoms with Gasteiger partial charge in [0.05, 0.1) is 12.7 Å².